The highest BCUT2D eigenvalue weighted by molar-refractivity contribution is 7.14. The number of thiophene rings is 1. The van der Waals surface area contributed by atoms with Crippen LogP contribution in [0.5, 0.6) is 0 Å². The highest BCUT2D eigenvalue weighted by Crippen LogP contribution is 2.27. The Morgan fingerprint density at radius 3 is 2.68 bits per heavy atom. The normalized spacial score (nSPS) is 21.6. The van der Waals surface area contributed by atoms with E-state index in [4.69, 9.17) is 9.73 Å². The molecule has 0 radical (unpaired) electrons. The van der Waals surface area contributed by atoms with Crippen molar-refractivity contribution in [3.05, 3.63) is 17.5 Å². The molecule has 0 unspecified atom stereocenters. The summed E-state index contributed by atoms with van der Waals surface area (Å²) < 4.78 is 5.32. The van der Waals surface area contributed by atoms with E-state index in [2.05, 4.69) is 46.5 Å². The SMILES string of the molecule is CCNC(=NCC1(C)COC1)N1CCN(c2cccs2)CC1. The third-order valence-corrected chi connectivity index (χ3v) is 5.17. The van der Waals surface area contributed by atoms with Crippen LogP contribution in [0.4, 0.5) is 5.00 Å². The Morgan fingerprint density at radius 2 is 2.14 bits per heavy atom. The predicted octanol–water partition coefficient (Wildman–Crippen LogP) is 1.87. The Hall–Kier alpha value is -1.27. The van der Waals surface area contributed by atoms with E-state index in [0.29, 0.717) is 0 Å². The number of hydrogen-bond acceptors (Lipinski definition) is 4. The summed E-state index contributed by atoms with van der Waals surface area (Å²) >= 11 is 1.82. The Labute approximate surface area is 137 Å². The molecular weight excluding hydrogens is 296 g/mol. The average Bonchev–Trinajstić information content (AvgIpc) is 3.04. The molecule has 122 valence electrons. The van der Waals surface area contributed by atoms with E-state index >= 15 is 0 Å². The first kappa shape index (κ1) is 15.6. The van der Waals surface area contributed by atoms with Crippen molar-refractivity contribution in [2.75, 3.05) is 57.4 Å². The standard InChI is InChI=1S/C16H26N4OS/c1-3-17-15(18-11-16(2)12-21-13-16)20-8-6-19(7-9-20)14-5-4-10-22-14/h4-5,10H,3,6-9,11-13H2,1-2H3,(H,17,18). The minimum atomic E-state index is 0.236. The molecule has 2 aliphatic heterocycles. The zero-order valence-corrected chi connectivity index (χ0v) is 14.4. The number of hydrogen-bond donors (Lipinski definition) is 1. The zero-order chi connectivity index (χ0) is 15.4. The fraction of sp³-hybridized carbons (Fsp3) is 0.688. The number of rotatable bonds is 4. The van der Waals surface area contributed by atoms with Crippen LogP contribution in [0, 0.1) is 5.41 Å². The molecule has 0 bridgehead atoms. The quantitative estimate of drug-likeness (QED) is 0.679. The molecular formula is C16H26N4OS. The maximum absolute atomic E-state index is 5.32. The molecule has 0 spiro atoms. The van der Waals surface area contributed by atoms with Gasteiger partial charge in [0.2, 0.25) is 0 Å². The second-order valence-corrected chi connectivity index (χ2v) is 7.33. The molecule has 0 amide bonds. The lowest BCUT2D eigenvalue weighted by molar-refractivity contribution is -0.0946. The van der Waals surface area contributed by atoms with Gasteiger partial charge in [0.15, 0.2) is 5.96 Å². The molecule has 0 aromatic carbocycles. The minimum absolute atomic E-state index is 0.236. The van der Waals surface area contributed by atoms with Crippen LogP contribution in [0.15, 0.2) is 22.5 Å². The van der Waals surface area contributed by atoms with Gasteiger partial charge in [-0.15, -0.1) is 11.3 Å². The summed E-state index contributed by atoms with van der Waals surface area (Å²) in [5, 5.41) is 6.96. The monoisotopic (exact) mass is 322 g/mol. The lowest BCUT2D eigenvalue weighted by Gasteiger charge is -2.39. The van der Waals surface area contributed by atoms with E-state index in [1.807, 2.05) is 11.3 Å². The van der Waals surface area contributed by atoms with Crippen molar-refractivity contribution < 1.29 is 4.74 Å². The van der Waals surface area contributed by atoms with Crippen molar-refractivity contribution in [3.8, 4) is 0 Å². The second kappa shape index (κ2) is 6.87. The lowest BCUT2D eigenvalue weighted by atomic mass is 9.89. The molecule has 1 aromatic heterocycles. The molecule has 2 saturated heterocycles. The number of guanidine groups is 1. The third kappa shape index (κ3) is 3.55. The number of aliphatic imine (C=N–C) groups is 1. The van der Waals surface area contributed by atoms with Crippen LogP contribution in [0.1, 0.15) is 13.8 Å². The summed E-state index contributed by atoms with van der Waals surface area (Å²) in [6, 6.07) is 4.33. The van der Waals surface area contributed by atoms with Gasteiger partial charge in [-0.25, -0.2) is 0 Å². The summed E-state index contributed by atoms with van der Waals surface area (Å²) in [5.74, 6) is 1.06. The molecule has 3 rings (SSSR count). The number of piperazine rings is 1. The molecule has 1 N–H and O–H groups in total. The Morgan fingerprint density at radius 1 is 1.36 bits per heavy atom. The van der Waals surface area contributed by atoms with Crippen LogP contribution in [0.3, 0.4) is 0 Å². The van der Waals surface area contributed by atoms with Gasteiger partial charge in [-0.2, -0.15) is 0 Å². The third-order valence-electron chi connectivity index (χ3n) is 4.24. The van der Waals surface area contributed by atoms with Gasteiger partial charge in [0.05, 0.1) is 24.8 Å². The van der Waals surface area contributed by atoms with Crippen molar-refractivity contribution in [1.82, 2.24) is 10.2 Å². The first-order valence-corrected chi connectivity index (χ1v) is 8.98. The predicted molar refractivity (Wildman–Crippen MR) is 93.0 cm³/mol. The topological polar surface area (TPSA) is 40.1 Å². The summed E-state index contributed by atoms with van der Waals surface area (Å²) in [6.45, 7) is 12.0. The number of ether oxygens (including phenoxy) is 1. The van der Waals surface area contributed by atoms with E-state index in [1.165, 1.54) is 5.00 Å². The van der Waals surface area contributed by atoms with Gasteiger partial charge in [-0.05, 0) is 24.4 Å². The Bertz CT molecular complexity index is 490. The van der Waals surface area contributed by atoms with Crippen molar-refractivity contribution >= 4 is 22.3 Å². The molecule has 0 aliphatic carbocycles. The molecule has 5 nitrogen and oxygen atoms in total. The zero-order valence-electron chi connectivity index (χ0n) is 13.5. The van der Waals surface area contributed by atoms with Gasteiger partial charge in [0, 0.05) is 38.1 Å². The number of anilines is 1. The van der Waals surface area contributed by atoms with E-state index in [9.17, 15) is 0 Å². The second-order valence-electron chi connectivity index (χ2n) is 6.40. The molecule has 2 aliphatic rings. The summed E-state index contributed by atoms with van der Waals surface area (Å²) in [5.41, 5.74) is 0.236. The van der Waals surface area contributed by atoms with E-state index < -0.39 is 0 Å². The van der Waals surface area contributed by atoms with Crippen LogP contribution in [-0.2, 0) is 4.74 Å². The average molecular weight is 322 g/mol. The summed E-state index contributed by atoms with van der Waals surface area (Å²) in [4.78, 5) is 9.70. The van der Waals surface area contributed by atoms with Gasteiger partial charge in [0.1, 0.15) is 0 Å². The minimum Gasteiger partial charge on any atom is -0.380 e. The van der Waals surface area contributed by atoms with Crippen molar-refractivity contribution in [3.63, 3.8) is 0 Å². The van der Waals surface area contributed by atoms with Crippen LogP contribution in [-0.4, -0.2) is 63.3 Å². The highest BCUT2D eigenvalue weighted by Gasteiger charge is 2.33. The maximum atomic E-state index is 5.32. The van der Waals surface area contributed by atoms with Crippen LogP contribution in [0.2, 0.25) is 0 Å². The van der Waals surface area contributed by atoms with Gasteiger partial charge < -0.3 is 19.9 Å². The van der Waals surface area contributed by atoms with Crippen molar-refractivity contribution in [2.24, 2.45) is 10.4 Å². The fourth-order valence-electron chi connectivity index (χ4n) is 2.82. The first-order valence-electron chi connectivity index (χ1n) is 8.10. The first-order chi connectivity index (χ1) is 10.7. The highest BCUT2D eigenvalue weighted by atomic mass is 32.1. The molecule has 0 saturated carbocycles. The van der Waals surface area contributed by atoms with Crippen LogP contribution in [0.25, 0.3) is 0 Å². The summed E-state index contributed by atoms with van der Waals surface area (Å²) in [6.07, 6.45) is 0. The van der Waals surface area contributed by atoms with Gasteiger partial charge in [-0.3, -0.25) is 4.99 Å². The lowest BCUT2D eigenvalue weighted by Crippen LogP contribution is -2.53. The smallest absolute Gasteiger partial charge is 0.194 e. The van der Waals surface area contributed by atoms with Crippen LogP contribution < -0.4 is 10.2 Å². The molecule has 22 heavy (non-hydrogen) atoms. The maximum Gasteiger partial charge on any atom is 0.194 e. The number of nitrogens with zero attached hydrogens (tertiary/aromatic N) is 3. The fourth-order valence-corrected chi connectivity index (χ4v) is 3.61. The van der Waals surface area contributed by atoms with E-state index in [0.717, 1.165) is 58.4 Å². The number of nitrogens with one attached hydrogen (secondary N) is 1. The molecule has 1 aromatic rings. The van der Waals surface area contributed by atoms with Gasteiger partial charge >= 0.3 is 0 Å². The Balaban J connectivity index is 1.57. The van der Waals surface area contributed by atoms with E-state index in [-0.39, 0.29) is 5.41 Å². The molecule has 3 heterocycles. The van der Waals surface area contributed by atoms with Crippen molar-refractivity contribution in [1.29, 1.82) is 0 Å². The van der Waals surface area contributed by atoms with Gasteiger partial charge in [-0.1, -0.05) is 6.92 Å². The molecule has 6 heteroatoms. The van der Waals surface area contributed by atoms with Gasteiger partial charge in [0.25, 0.3) is 0 Å². The van der Waals surface area contributed by atoms with Crippen LogP contribution >= 0.6 is 11.3 Å². The largest absolute Gasteiger partial charge is 0.380 e. The van der Waals surface area contributed by atoms with E-state index in [1.54, 1.807) is 0 Å². The molecule has 0 atom stereocenters. The van der Waals surface area contributed by atoms with Crippen molar-refractivity contribution in [2.45, 2.75) is 13.8 Å². The summed E-state index contributed by atoms with van der Waals surface area (Å²) in [7, 11) is 0. The molecule has 2 fully saturated rings. The Kier molecular flexibility index (Phi) is 4.88.